The number of nitrogens with one attached hydrogen (secondary N) is 3. The third-order valence-corrected chi connectivity index (χ3v) is 4.12. The number of aryl methyl sites for hydroxylation is 1. The molecule has 4 aromatic rings. The zero-order chi connectivity index (χ0) is 19.0. The third-order valence-electron chi connectivity index (χ3n) is 4.12. The second-order valence-corrected chi connectivity index (χ2v) is 5.87. The lowest BCUT2D eigenvalue weighted by molar-refractivity contribution is 0.835. The van der Waals surface area contributed by atoms with Crippen molar-refractivity contribution in [3.8, 4) is 5.69 Å². The van der Waals surface area contributed by atoms with Gasteiger partial charge in [-0.3, -0.25) is 29.7 Å². The number of nitrogens with zero attached hydrogens (tertiary/aromatic N) is 3. The van der Waals surface area contributed by atoms with E-state index in [9.17, 15) is 14.4 Å². The molecule has 27 heavy (non-hydrogen) atoms. The summed E-state index contributed by atoms with van der Waals surface area (Å²) in [4.78, 5) is 36.6. The minimum atomic E-state index is -0.494. The summed E-state index contributed by atoms with van der Waals surface area (Å²) in [5, 5.41) is 15.9. The highest BCUT2D eigenvalue weighted by atomic mass is 16.1. The highest BCUT2D eigenvalue weighted by molar-refractivity contribution is 5.90. The van der Waals surface area contributed by atoms with Crippen molar-refractivity contribution in [2.24, 2.45) is 10.2 Å². The van der Waals surface area contributed by atoms with Gasteiger partial charge in [-0.15, -0.1) is 10.2 Å². The molecule has 0 bridgehead atoms. The predicted molar refractivity (Wildman–Crippen MR) is 100 cm³/mol. The van der Waals surface area contributed by atoms with Gasteiger partial charge in [0.1, 0.15) is 0 Å². The number of aromatic amines is 3. The number of azo groups is 1. The van der Waals surface area contributed by atoms with Gasteiger partial charge < -0.3 is 0 Å². The Balaban J connectivity index is 1.84. The maximum atomic E-state index is 12.7. The van der Waals surface area contributed by atoms with E-state index >= 15 is 0 Å². The van der Waals surface area contributed by atoms with Crippen LogP contribution < -0.4 is 16.7 Å². The summed E-state index contributed by atoms with van der Waals surface area (Å²) < 4.78 is 1.37. The number of fused-ring (bicyclic) bond motifs is 1. The van der Waals surface area contributed by atoms with Crippen molar-refractivity contribution in [1.29, 1.82) is 0 Å². The van der Waals surface area contributed by atoms with Crippen LogP contribution in [0.15, 0.2) is 73.1 Å². The van der Waals surface area contributed by atoms with Crippen LogP contribution in [0.4, 0.5) is 11.4 Å². The van der Waals surface area contributed by atoms with Crippen LogP contribution in [0.1, 0.15) is 5.69 Å². The van der Waals surface area contributed by atoms with E-state index in [0.29, 0.717) is 11.4 Å². The zero-order valence-electron chi connectivity index (χ0n) is 14.2. The number of aromatic nitrogens is 4. The Morgan fingerprint density at radius 3 is 2.37 bits per heavy atom. The molecule has 0 saturated heterocycles. The number of hydrogen-bond donors (Lipinski definition) is 3. The third kappa shape index (κ3) is 2.80. The molecule has 2 heterocycles. The summed E-state index contributed by atoms with van der Waals surface area (Å²) in [7, 11) is 0. The first-order valence-corrected chi connectivity index (χ1v) is 8.09. The van der Waals surface area contributed by atoms with Gasteiger partial charge >= 0.3 is 0 Å². The molecule has 0 radical (unpaired) electrons. The molecule has 0 aliphatic carbocycles. The summed E-state index contributed by atoms with van der Waals surface area (Å²) in [6.45, 7) is 1.70. The fourth-order valence-electron chi connectivity index (χ4n) is 2.81. The van der Waals surface area contributed by atoms with E-state index in [0.717, 1.165) is 0 Å². The highest BCUT2D eigenvalue weighted by Crippen LogP contribution is 2.23. The minimum absolute atomic E-state index is 0.113. The fourth-order valence-corrected chi connectivity index (χ4v) is 2.81. The number of benzene rings is 2. The molecule has 2 aromatic heterocycles. The molecule has 9 heteroatoms. The van der Waals surface area contributed by atoms with E-state index in [1.807, 2.05) is 18.2 Å². The van der Waals surface area contributed by atoms with E-state index in [-0.39, 0.29) is 27.7 Å². The summed E-state index contributed by atoms with van der Waals surface area (Å²) in [5.41, 5.74) is 0.218. The van der Waals surface area contributed by atoms with Gasteiger partial charge in [0.25, 0.3) is 16.7 Å². The summed E-state index contributed by atoms with van der Waals surface area (Å²) in [6, 6.07) is 13.7. The Bertz CT molecular complexity index is 1340. The van der Waals surface area contributed by atoms with Gasteiger partial charge in [-0.05, 0) is 31.2 Å². The molecule has 3 N–H and O–H groups in total. The Morgan fingerprint density at radius 2 is 1.59 bits per heavy atom. The summed E-state index contributed by atoms with van der Waals surface area (Å²) in [6.07, 6.45) is 0. The molecule has 134 valence electrons. The number of H-pyrrole nitrogens is 3. The molecule has 0 aliphatic heterocycles. The molecular formula is C18H14N6O3. The van der Waals surface area contributed by atoms with Gasteiger partial charge in [-0.1, -0.05) is 24.3 Å². The normalized spacial score (nSPS) is 11.4. The van der Waals surface area contributed by atoms with Gasteiger partial charge in [-0.25, -0.2) is 4.68 Å². The molecule has 0 spiro atoms. The molecule has 0 saturated carbocycles. The van der Waals surface area contributed by atoms with Crippen molar-refractivity contribution in [3.63, 3.8) is 0 Å². The molecule has 0 fully saturated rings. The molecule has 0 aliphatic rings. The number of para-hydroxylation sites is 1. The van der Waals surface area contributed by atoms with Crippen molar-refractivity contribution < 1.29 is 0 Å². The van der Waals surface area contributed by atoms with Crippen molar-refractivity contribution in [2.45, 2.75) is 6.92 Å². The maximum Gasteiger partial charge on any atom is 0.299 e. The van der Waals surface area contributed by atoms with Crippen LogP contribution in [0, 0.1) is 6.92 Å². The van der Waals surface area contributed by atoms with Gasteiger partial charge in [0.15, 0.2) is 5.69 Å². The van der Waals surface area contributed by atoms with Crippen LogP contribution in [0.2, 0.25) is 0 Å². The largest absolute Gasteiger partial charge is 0.299 e. The summed E-state index contributed by atoms with van der Waals surface area (Å²) in [5.74, 6) is 0. The fraction of sp³-hybridized carbons (Fsp3) is 0.0556. The first-order chi connectivity index (χ1) is 13.1. The lowest BCUT2D eigenvalue weighted by Gasteiger charge is -1.99. The van der Waals surface area contributed by atoms with Crippen LogP contribution in [0.5, 0.6) is 0 Å². The van der Waals surface area contributed by atoms with E-state index in [4.69, 9.17) is 0 Å². The molecule has 9 nitrogen and oxygen atoms in total. The van der Waals surface area contributed by atoms with E-state index in [1.54, 1.807) is 31.2 Å². The van der Waals surface area contributed by atoms with Gasteiger partial charge in [-0.2, -0.15) is 0 Å². The molecule has 0 atom stereocenters. The van der Waals surface area contributed by atoms with Crippen molar-refractivity contribution >= 4 is 22.1 Å². The average molecular weight is 362 g/mol. The second-order valence-electron chi connectivity index (χ2n) is 5.87. The first kappa shape index (κ1) is 16.5. The van der Waals surface area contributed by atoms with E-state index in [2.05, 4.69) is 25.5 Å². The van der Waals surface area contributed by atoms with E-state index in [1.165, 1.54) is 10.7 Å². The zero-order valence-corrected chi connectivity index (χ0v) is 14.2. The Hall–Kier alpha value is -4.01. The van der Waals surface area contributed by atoms with Crippen LogP contribution in [-0.2, 0) is 0 Å². The van der Waals surface area contributed by atoms with Crippen LogP contribution in [0.3, 0.4) is 0 Å². The standard InChI is InChI=1S/C18H14N6O3/c1-10-15(18(27)24(23-10)11-6-3-2-4-7-11)20-19-13-9-5-8-12-14(13)17(26)22-21-16(12)25/h2-9,23H,1H3,(H,21,25)(H,22,26). The van der Waals surface area contributed by atoms with Gasteiger partial charge in [0.2, 0.25) is 0 Å². The Kier molecular flexibility index (Phi) is 3.88. The minimum Gasteiger partial charge on any atom is -0.293 e. The van der Waals surface area contributed by atoms with Crippen LogP contribution >= 0.6 is 0 Å². The average Bonchev–Trinajstić information content (AvgIpc) is 2.97. The lowest BCUT2D eigenvalue weighted by atomic mass is 10.1. The van der Waals surface area contributed by atoms with Crippen molar-refractivity contribution in [2.75, 3.05) is 0 Å². The molecule has 0 amide bonds. The lowest BCUT2D eigenvalue weighted by Crippen LogP contribution is -2.18. The monoisotopic (exact) mass is 362 g/mol. The van der Waals surface area contributed by atoms with Crippen LogP contribution in [-0.4, -0.2) is 20.0 Å². The topological polar surface area (TPSA) is 128 Å². The van der Waals surface area contributed by atoms with Gasteiger partial charge in [0.05, 0.1) is 27.8 Å². The summed E-state index contributed by atoms with van der Waals surface area (Å²) >= 11 is 0. The quantitative estimate of drug-likeness (QED) is 0.484. The number of rotatable bonds is 3. The van der Waals surface area contributed by atoms with Crippen LogP contribution in [0.25, 0.3) is 16.5 Å². The van der Waals surface area contributed by atoms with Crippen molar-refractivity contribution in [1.82, 2.24) is 20.0 Å². The molecule has 2 aromatic carbocycles. The van der Waals surface area contributed by atoms with Crippen molar-refractivity contribution in [3.05, 3.63) is 85.3 Å². The Labute approximate surface area is 151 Å². The Morgan fingerprint density at radius 1 is 0.852 bits per heavy atom. The molecular weight excluding hydrogens is 348 g/mol. The first-order valence-electron chi connectivity index (χ1n) is 8.09. The van der Waals surface area contributed by atoms with E-state index < -0.39 is 11.1 Å². The number of hydrogen-bond acceptors (Lipinski definition) is 5. The molecule has 0 unspecified atom stereocenters. The second kappa shape index (κ2) is 6.37. The predicted octanol–water partition coefficient (Wildman–Crippen LogP) is 2.42. The highest BCUT2D eigenvalue weighted by Gasteiger charge is 2.13. The molecule has 4 rings (SSSR count). The smallest absolute Gasteiger partial charge is 0.293 e. The van der Waals surface area contributed by atoms with Gasteiger partial charge in [0, 0.05) is 0 Å². The maximum absolute atomic E-state index is 12.7. The SMILES string of the molecule is Cc1[nH]n(-c2ccccc2)c(=O)c1N=Nc1cccc2c(=O)[nH][nH]c(=O)c12.